The predicted molar refractivity (Wildman–Crippen MR) is 150 cm³/mol. The minimum Gasteiger partial charge on any atom is -0.497 e. The van der Waals surface area contributed by atoms with Crippen LogP contribution in [0.3, 0.4) is 0 Å². The third-order valence-corrected chi connectivity index (χ3v) is 6.84. The zero-order chi connectivity index (χ0) is 27.9. The number of nitrogens with one attached hydrogen (secondary N) is 1. The molecule has 1 aromatic heterocycles. The van der Waals surface area contributed by atoms with E-state index >= 15 is 0 Å². The maximum atomic E-state index is 14.3. The molecule has 208 valence electrons. The Morgan fingerprint density at radius 1 is 1.12 bits per heavy atom. The number of carbonyl (C=O) groups excluding carboxylic acids is 2. The molecule has 2 heterocycles. The number of hydrogen-bond donors (Lipinski definition) is 1. The zero-order valence-corrected chi connectivity index (χ0v) is 22.7. The Kier molecular flexibility index (Phi) is 8.56. The normalized spacial score (nSPS) is 15.5. The molecular weight excluding hydrogens is 510 g/mol. The summed E-state index contributed by atoms with van der Waals surface area (Å²) >= 11 is 0. The zero-order valence-electron chi connectivity index (χ0n) is 22.7. The van der Waals surface area contributed by atoms with Crippen LogP contribution in [0.5, 0.6) is 11.5 Å². The summed E-state index contributed by atoms with van der Waals surface area (Å²) in [4.78, 5) is 29.8. The minimum atomic E-state index is -1.03. The molecule has 4 aromatic rings. The van der Waals surface area contributed by atoms with Crippen LogP contribution in [-0.4, -0.2) is 59.8 Å². The topological polar surface area (TPSA) is 108 Å². The Bertz CT molecular complexity index is 1470. The van der Waals surface area contributed by atoms with Crippen molar-refractivity contribution < 1.29 is 23.8 Å². The smallest absolute Gasteiger partial charge is 0.249 e. The van der Waals surface area contributed by atoms with Gasteiger partial charge in [0.05, 0.1) is 31.0 Å². The average Bonchev–Trinajstić information content (AvgIpc) is 3.66. The fraction of sp³-hybridized carbons (Fsp3) is 0.333. The van der Waals surface area contributed by atoms with Gasteiger partial charge in [-0.25, -0.2) is 4.68 Å². The van der Waals surface area contributed by atoms with Crippen molar-refractivity contribution in [3.63, 3.8) is 0 Å². The molecule has 0 radical (unpaired) electrons. The summed E-state index contributed by atoms with van der Waals surface area (Å²) < 4.78 is 18.7. The largest absolute Gasteiger partial charge is 0.497 e. The number of amides is 2. The lowest BCUT2D eigenvalue weighted by molar-refractivity contribution is -0.127. The number of para-hydroxylation sites is 3. The van der Waals surface area contributed by atoms with Crippen LogP contribution in [0.4, 0.5) is 5.69 Å². The van der Waals surface area contributed by atoms with Gasteiger partial charge in [0.15, 0.2) is 0 Å². The monoisotopic (exact) mass is 543 g/mol. The molecule has 10 heteroatoms. The summed E-state index contributed by atoms with van der Waals surface area (Å²) in [6, 6.07) is 20.8. The molecule has 10 nitrogen and oxygen atoms in total. The standard InChI is InChI=1S/C30H33N5O5/c1-3-39-27-16-7-6-15-26(27)35(28(36)20-34-25-14-5-4-13-24(25)32-33-34)29(21-10-8-11-22(18-21)38-2)30(37)31-19-23-12-9-17-40-23/h4-8,10-11,13-16,18,23,29H,3,9,12,17,19-20H2,1-2H3,(H,31,37)/t23-,29+/m0/s1. The average molecular weight is 544 g/mol. The Morgan fingerprint density at radius 2 is 1.95 bits per heavy atom. The van der Waals surface area contributed by atoms with Crippen LogP contribution < -0.4 is 19.7 Å². The van der Waals surface area contributed by atoms with Gasteiger partial charge in [-0.15, -0.1) is 5.10 Å². The van der Waals surface area contributed by atoms with Crippen LogP contribution in [0.15, 0.2) is 72.8 Å². The number of nitrogens with zero attached hydrogens (tertiary/aromatic N) is 4. The van der Waals surface area contributed by atoms with Crippen molar-refractivity contribution >= 4 is 28.5 Å². The van der Waals surface area contributed by atoms with Gasteiger partial charge in [0.2, 0.25) is 11.8 Å². The first-order valence-corrected chi connectivity index (χ1v) is 13.4. The van der Waals surface area contributed by atoms with Crippen molar-refractivity contribution in [3.8, 4) is 11.5 Å². The molecule has 1 saturated heterocycles. The van der Waals surface area contributed by atoms with Gasteiger partial charge in [0, 0.05) is 13.2 Å². The molecule has 0 bridgehead atoms. The van der Waals surface area contributed by atoms with Crippen LogP contribution in [0.1, 0.15) is 31.4 Å². The van der Waals surface area contributed by atoms with Gasteiger partial charge in [-0.3, -0.25) is 14.5 Å². The molecule has 1 fully saturated rings. The highest BCUT2D eigenvalue weighted by atomic mass is 16.5. The summed E-state index contributed by atoms with van der Waals surface area (Å²) in [5.41, 5.74) is 2.45. The fourth-order valence-electron chi connectivity index (χ4n) is 4.94. The van der Waals surface area contributed by atoms with E-state index in [4.69, 9.17) is 14.2 Å². The Labute approximate surface area is 232 Å². The fourth-order valence-corrected chi connectivity index (χ4v) is 4.94. The first-order valence-electron chi connectivity index (χ1n) is 13.4. The molecule has 3 aromatic carbocycles. The van der Waals surface area contributed by atoms with E-state index in [1.54, 1.807) is 42.1 Å². The second kappa shape index (κ2) is 12.6. The molecule has 0 aliphatic carbocycles. The van der Waals surface area contributed by atoms with E-state index in [-0.39, 0.29) is 24.5 Å². The highest BCUT2D eigenvalue weighted by Crippen LogP contribution is 2.36. The van der Waals surface area contributed by atoms with Crippen molar-refractivity contribution in [3.05, 3.63) is 78.4 Å². The highest BCUT2D eigenvalue weighted by Gasteiger charge is 2.35. The lowest BCUT2D eigenvalue weighted by Crippen LogP contribution is -2.46. The predicted octanol–water partition coefficient (Wildman–Crippen LogP) is 3.91. The summed E-state index contributed by atoms with van der Waals surface area (Å²) in [6.07, 6.45) is 1.77. The van der Waals surface area contributed by atoms with Crippen molar-refractivity contribution in [1.29, 1.82) is 0 Å². The Balaban J connectivity index is 1.59. The van der Waals surface area contributed by atoms with Gasteiger partial charge < -0.3 is 19.5 Å². The quantitative estimate of drug-likeness (QED) is 0.306. The molecule has 40 heavy (non-hydrogen) atoms. The maximum Gasteiger partial charge on any atom is 0.249 e. The molecule has 0 saturated carbocycles. The number of aromatic nitrogens is 3. The molecule has 1 aliphatic rings. The minimum absolute atomic E-state index is 0.0590. The van der Waals surface area contributed by atoms with E-state index < -0.39 is 6.04 Å². The lowest BCUT2D eigenvalue weighted by atomic mass is 10.0. The van der Waals surface area contributed by atoms with E-state index in [1.165, 1.54) is 4.90 Å². The van der Waals surface area contributed by atoms with Gasteiger partial charge in [-0.2, -0.15) is 0 Å². The molecular formula is C30H33N5O5. The summed E-state index contributed by atoms with van der Waals surface area (Å²) in [5.74, 6) is 0.360. The van der Waals surface area contributed by atoms with E-state index in [0.717, 1.165) is 18.4 Å². The number of rotatable bonds is 11. The lowest BCUT2D eigenvalue weighted by Gasteiger charge is -2.33. The van der Waals surface area contributed by atoms with E-state index in [2.05, 4.69) is 15.6 Å². The number of hydrogen-bond acceptors (Lipinski definition) is 7. The maximum absolute atomic E-state index is 14.3. The second-order valence-corrected chi connectivity index (χ2v) is 9.46. The number of fused-ring (bicyclic) bond motifs is 1. The molecule has 0 spiro atoms. The number of methoxy groups -OCH3 is 1. The molecule has 1 aliphatic heterocycles. The van der Waals surface area contributed by atoms with Crippen molar-refractivity contribution in [2.24, 2.45) is 0 Å². The van der Waals surface area contributed by atoms with Crippen LogP contribution in [-0.2, 0) is 20.9 Å². The van der Waals surface area contributed by atoms with Crippen LogP contribution >= 0.6 is 0 Å². The van der Waals surface area contributed by atoms with Gasteiger partial charge >= 0.3 is 0 Å². The molecule has 0 unspecified atom stereocenters. The van der Waals surface area contributed by atoms with Gasteiger partial charge in [-0.1, -0.05) is 41.6 Å². The second-order valence-electron chi connectivity index (χ2n) is 9.46. The first-order chi connectivity index (χ1) is 19.6. The third kappa shape index (κ3) is 5.91. The number of benzene rings is 3. The van der Waals surface area contributed by atoms with Gasteiger partial charge in [0.25, 0.3) is 0 Å². The molecule has 1 N–H and O–H groups in total. The van der Waals surface area contributed by atoms with Crippen molar-refractivity contribution in [2.75, 3.05) is 31.8 Å². The van der Waals surface area contributed by atoms with Gasteiger partial charge in [0.1, 0.15) is 29.6 Å². The van der Waals surface area contributed by atoms with E-state index in [1.807, 2.05) is 49.4 Å². The molecule has 2 atom stereocenters. The highest BCUT2D eigenvalue weighted by molar-refractivity contribution is 6.02. The summed E-state index contributed by atoms with van der Waals surface area (Å²) in [6.45, 7) is 3.15. The molecule has 5 rings (SSSR count). The summed E-state index contributed by atoms with van der Waals surface area (Å²) in [5, 5.41) is 11.4. The molecule has 2 amide bonds. The van der Waals surface area contributed by atoms with Crippen LogP contribution in [0.2, 0.25) is 0 Å². The van der Waals surface area contributed by atoms with Gasteiger partial charge in [-0.05, 0) is 61.7 Å². The third-order valence-electron chi connectivity index (χ3n) is 6.84. The Hall–Kier alpha value is -4.44. The van der Waals surface area contributed by atoms with Crippen LogP contribution in [0.25, 0.3) is 11.0 Å². The summed E-state index contributed by atoms with van der Waals surface area (Å²) in [7, 11) is 1.56. The van der Waals surface area contributed by atoms with E-state index in [9.17, 15) is 9.59 Å². The van der Waals surface area contributed by atoms with Crippen LogP contribution in [0, 0.1) is 0 Å². The Morgan fingerprint density at radius 3 is 2.75 bits per heavy atom. The van der Waals surface area contributed by atoms with Crippen molar-refractivity contribution in [2.45, 2.75) is 38.5 Å². The number of carbonyl (C=O) groups is 2. The number of anilines is 1. The number of ether oxygens (including phenoxy) is 3. The van der Waals surface area contributed by atoms with E-state index in [0.29, 0.717) is 48.0 Å². The van der Waals surface area contributed by atoms with Crippen molar-refractivity contribution in [1.82, 2.24) is 20.3 Å². The first kappa shape index (κ1) is 27.1. The SMILES string of the molecule is CCOc1ccccc1N(C(=O)Cn1nnc2ccccc21)[C@@H](C(=O)NC[C@@H]1CCCO1)c1cccc(OC)c1.